The van der Waals surface area contributed by atoms with Crippen LogP contribution in [0.25, 0.3) is 0 Å². The van der Waals surface area contributed by atoms with Gasteiger partial charge in [0.1, 0.15) is 13.2 Å². The highest BCUT2D eigenvalue weighted by Gasteiger charge is 2.19. The van der Waals surface area contributed by atoms with Crippen molar-refractivity contribution in [1.82, 2.24) is 0 Å². The van der Waals surface area contributed by atoms with Gasteiger partial charge >= 0.3 is 17.9 Å². The molecule has 0 spiro atoms. The molecule has 0 aliphatic rings. The first-order valence-electron chi connectivity index (χ1n) is 28.0. The van der Waals surface area contributed by atoms with Crippen LogP contribution in [0.15, 0.2) is 122 Å². The van der Waals surface area contributed by atoms with E-state index in [9.17, 15) is 14.4 Å². The summed E-state index contributed by atoms with van der Waals surface area (Å²) in [4.78, 5) is 38.1. The van der Waals surface area contributed by atoms with Gasteiger partial charge in [0.25, 0.3) is 0 Å². The van der Waals surface area contributed by atoms with E-state index in [1.54, 1.807) is 0 Å². The molecule has 0 amide bonds. The molecule has 0 saturated carbocycles. The monoisotopic (exact) mass is 955 g/mol. The number of carbonyl (C=O) groups is 3. The molecule has 0 aromatic carbocycles. The first-order chi connectivity index (χ1) is 34.0. The first-order valence-corrected chi connectivity index (χ1v) is 28.0. The maximum Gasteiger partial charge on any atom is 0.306 e. The van der Waals surface area contributed by atoms with Crippen molar-refractivity contribution in [3.05, 3.63) is 122 Å². The van der Waals surface area contributed by atoms with Crippen LogP contribution in [0.5, 0.6) is 0 Å². The van der Waals surface area contributed by atoms with Gasteiger partial charge in [0.15, 0.2) is 6.10 Å². The van der Waals surface area contributed by atoms with Crippen molar-refractivity contribution in [2.75, 3.05) is 13.2 Å². The van der Waals surface area contributed by atoms with Gasteiger partial charge in [-0.25, -0.2) is 0 Å². The van der Waals surface area contributed by atoms with Crippen molar-refractivity contribution in [3.8, 4) is 0 Å². The summed E-state index contributed by atoms with van der Waals surface area (Å²) in [5, 5.41) is 0. The Morgan fingerprint density at radius 3 is 0.899 bits per heavy atom. The summed E-state index contributed by atoms with van der Waals surface area (Å²) in [6.07, 6.45) is 77.5. The predicted molar refractivity (Wildman–Crippen MR) is 297 cm³/mol. The number of hydrogen-bond donors (Lipinski definition) is 0. The van der Waals surface area contributed by atoms with Crippen LogP contribution in [0.3, 0.4) is 0 Å². The molecule has 0 fully saturated rings. The first kappa shape index (κ1) is 64.8. The van der Waals surface area contributed by atoms with Crippen molar-refractivity contribution >= 4 is 17.9 Å². The molecule has 0 aliphatic heterocycles. The molecule has 0 aliphatic carbocycles. The lowest BCUT2D eigenvalue weighted by Crippen LogP contribution is -2.30. The highest BCUT2D eigenvalue weighted by molar-refractivity contribution is 5.71. The van der Waals surface area contributed by atoms with Crippen LogP contribution in [0.2, 0.25) is 0 Å². The fourth-order valence-electron chi connectivity index (χ4n) is 7.28. The molecule has 0 aromatic heterocycles. The maximum absolute atomic E-state index is 12.8. The molecule has 0 bridgehead atoms. The van der Waals surface area contributed by atoms with Gasteiger partial charge in [-0.1, -0.05) is 213 Å². The normalized spacial score (nSPS) is 13.0. The number of hydrogen-bond acceptors (Lipinski definition) is 6. The van der Waals surface area contributed by atoms with Gasteiger partial charge in [0.2, 0.25) is 0 Å². The largest absolute Gasteiger partial charge is 0.462 e. The van der Waals surface area contributed by atoms with E-state index in [0.29, 0.717) is 12.8 Å². The SMILES string of the molecule is CC/C=C\C/C=C\C/C=C\C/C=C\C/C=C\CCCCCCCC(=O)OCC(COC(=O)CCCCCCC/C=C\CCCCCC)OC(=O)CCCCCC/C=C\C/C=C\C/C=C\C/C=C\CC. The molecule has 1 unspecified atom stereocenters. The average Bonchev–Trinajstić information content (AvgIpc) is 3.35. The molecule has 6 nitrogen and oxygen atoms in total. The van der Waals surface area contributed by atoms with E-state index in [2.05, 4.69) is 142 Å². The summed E-state index contributed by atoms with van der Waals surface area (Å²) < 4.78 is 16.8. The Morgan fingerprint density at radius 1 is 0.304 bits per heavy atom. The number of unbranched alkanes of at least 4 members (excludes halogenated alkanes) is 18. The number of allylic oxidation sites excluding steroid dienone is 20. The molecule has 0 radical (unpaired) electrons. The summed E-state index contributed by atoms with van der Waals surface area (Å²) in [7, 11) is 0. The minimum Gasteiger partial charge on any atom is -0.462 e. The van der Waals surface area contributed by atoms with E-state index < -0.39 is 6.10 Å². The number of ether oxygens (including phenoxy) is 3. The van der Waals surface area contributed by atoms with Gasteiger partial charge in [-0.15, -0.1) is 0 Å². The van der Waals surface area contributed by atoms with Gasteiger partial charge in [0, 0.05) is 19.3 Å². The summed E-state index contributed by atoms with van der Waals surface area (Å²) >= 11 is 0. The smallest absolute Gasteiger partial charge is 0.306 e. The van der Waals surface area contributed by atoms with E-state index in [4.69, 9.17) is 14.2 Å². The molecule has 69 heavy (non-hydrogen) atoms. The topological polar surface area (TPSA) is 78.9 Å². The van der Waals surface area contributed by atoms with Crippen molar-refractivity contribution < 1.29 is 28.6 Å². The van der Waals surface area contributed by atoms with E-state index in [-0.39, 0.29) is 37.5 Å². The highest BCUT2D eigenvalue weighted by Crippen LogP contribution is 2.13. The number of rotatable bonds is 49. The van der Waals surface area contributed by atoms with Gasteiger partial charge in [-0.2, -0.15) is 0 Å². The lowest BCUT2D eigenvalue weighted by Gasteiger charge is -2.18. The zero-order valence-corrected chi connectivity index (χ0v) is 44.5. The quantitative estimate of drug-likeness (QED) is 0.0262. The summed E-state index contributed by atoms with van der Waals surface area (Å²) in [6.45, 7) is 6.34. The molecule has 390 valence electrons. The van der Waals surface area contributed by atoms with E-state index >= 15 is 0 Å². The second-order valence-electron chi connectivity index (χ2n) is 18.1. The fourth-order valence-corrected chi connectivity index (χ4v) is 7.28. The zero-order chi connectivity index (χ0) is 50.0. The summed E-state index contributed by atoms with van der Waals surface area (Å²) in [6, 6.07) is 0. The van der Waals surface area contributed by atoms with Gasteiger partial charge < -0.3 is 14.2 Å². The standard InChI is InChI=1S/C63H102O6/c1-4-7-10-13-16-19-22-25-27-29-30-31-32-34-35-38-41-44-47-50-53-56-62(65)68-59-60(58-67-61(64)55-52-49-46-43-40-37-24-21-18-15-12-9-6-3)69-63(66)57-54-51-48-45-42-39-36-33-28-26-23-20-17-14-11-8-5-2/h7-8,10-11,16-17,19-21,24-28,30-31,34-36,39,60H,4-6,9,12-15,18,22-23,29,32-33,37-38,40-59H2,1-3H3/b10-7-,11-8-,19-16-,20-17-,24-21-,27-25-,28-26-,31-30-,35-34-,39-36-. The summed E-state index contributed by atoms with van der Waals surface area (Å²) in [5.41, 5.74) is 0. The van der Waals surface area contributed by atoms with Crippen molar-refractivity contribution in [3.63, 3.8) is 0 Å². The Kier molecular flexibility index (Phi) is 53.0. The maximum atomic E-state index is 12.8. The lowest BCUT2D eigenvalue weighted by atomic mass is 10.1. The van der Waals surface area contributed by atoms with Crippen LogP contribution in [-0.2, 0) is 28.6 Å². The molecule has 0 aromatic rings. The highest BCUT2D eigenvalue weighted by atomic mass is 16.6. The Bertz CT molecular complexity index is 1470. The fraction of sp³-hybridized carbons (Fsp3) is 0.635. The minimum absolute atomic E-state index is 0.102. The molecule has 0 heterocycles. The Morgan fingerprint density at radius 2 is 0.565 bits per heavy atom. The molecular formula is C63H102O6. The lowest BCUT2D eigenvalue weighted by molar-refractivity contribution is -0.167. The molecule has 0 rings (SSSR count). The van der Waals surface area contributed by atoms with Crippen LogP contribution in [0.1, 0.15) is 239 Å². The van der Waals surface area contributed by atoms with E-state index in [1.165, 1.54) is 38.5 Å². The van der Waals surface area contributed by atoms with Crippen molar-refractivity contribution in [2.45, 2.75) is 245 Å². The molecule has 6 heteroatoms. The van der Waals surface area contributed by atoms with Gasteiger partial charge in [-0.3, -0.25) is 14.4 Å². The zero-order valence-electron chi connectivity index (χ0n) is 44.5. The summed E-state index contributed by atoms with van der Waals surface area (Å²) in [5.74, 6) is -0.957. The molecule has 1 atom stereocenters. The van der Waals surface area contributed by atoms with Crippen LogP contribution < -0.4 is 0 Å². The average molecular weight is 956 g/mol. The predicted octanol–water partition coefficient (Wildman–Crippen LogP) is 18.9. The Balaban J connectivity index is 4.48. The second kappa shape index (κ2) is 56.4. The van der Waals surface area contributed by atoms with Gasteiger partial charge in [0.05, 0.1) is 0 Å². The number of carbonyl (C=O) groups excluding carboxylic acids is 3. The third-order valence-corrected chi connectivity index (χ3v) is 11.4. The van der Waals surface area contributed by atoms with Crippen molar-refractivity contribution in [1.29, 1.82) is 0 Å². The third-order valence-electron chi connectivity index (χ3n) is 11.4. The third kappa shape index (κ3) is 54.6. The molecular weight excluding hydrogens is 853 g/mol. The van der Waals surface area contributed by atoms with Crippen LogP contribution >= 0.6 is 0 Å². The minimum atomic E-state index is -0.806. The molecule has 0 saturated heterocycles. The van der Waals surface area contributed by atoms with Crippen LogP contribution in [-0.4, -0.2) is 37.2 Å². The van der Waals surface area contributed by atoms with Crippen molar-refractivity contribution in [2.24, 2.45) is 0 Å². The molecule has 0 N–H and O–H groups in total. The van der Waals surface area contributed by atoms with Gasteiger partial charge in [-0.05, 0) is 128 Å². The van der Waals surface area contributed by atoms with E-state index in [0.717, 1.165) is 161 Å². The Hall–Kier alpha value is -4.19. The van der Waals surface area contributed by atoms with Crippen LogP contribution in [0.4, 0.5) is 0 Å². The Labute approximate surface area is 424 Å². The number of esters is 3. The second-order valence-corrected chi connectivity index (χ2v) is 18.1. The van der Waals surface area contributed by atoms with E-state index in [1.807, 2.05) is 0 Å². The van der Waals surface area contributed by atoms with Crippen LogP contribution in [0, 0.1) is 0 Å².